The standard InChI is InChI=1S/C14H19N3O/c1-4-13-12(9-17-14(13)16-5-1)8-15-7-11-3-2-6-18-10-11/h1,4-5,9,11,15H,2-3,6-8,10H2,(H,16,17). The first-order chi connectivity index (χ1) is 8.93. The van der Waals surface area contributed by atoms with Crippen molar-refractivity contribution in [2.24, 2.45) is 5.92 Å². The van der Waals surface area contributed by atoms with Gasteiger partial charge in [0, 0.05) is 37.5 Å². The average molecular weight is 245 g/mol. The van der Waals surface area contributed by atoms with Crippen LogP contribution in [0, 0.1) is 5.92 Å². The summed E-state index contributed by atoms with van der Waals surface area (Å²) in [6.07, 6.45) is 6.34. The number of fused-ring (bicyclic) bond motifs is 1. The van der Waals surface area contributed by atoms with Gasteiger partial charge in [0.15, 0.2) is 0 Å². The number of hydrogen-bond acceptors (Lipinski definition) is 3. The lowest BCUT2D eigenvalue weighted by Crippen LogP contribution is -2.28. The SMILES string of the molecule is c1cnc2[nH]cc(CNCC3CCCOC3)c2c1. The van der Waals surface area contributed by atoms with Gasteiger partial charge in [0.25, 0.3) is 0 Å². The van der Waals surface area contributed by atoms with Crippen molar-refractivity contribution in [2.75, 3.05) is 19.8 Å². The van der Waals surface area contributed by atoms with Crippen molar-refractivity contribution in [3.63, 3.8) is 0 Å². The summed E-state index contributed by atoms with van der Waals surface area (Å²) in [6.45, 7) is 3.77. The molecule has 0 bridgehead atoms. The molecule has 0 aliphatic carbocycles. The fourth-order valence-corrected chi connectivity index (χ4v) is 2.54. The molecule has 0 spiro atoms. The van der Waals surface area contributed by atoms with Gasteiger partial charge in [0.05, 0.1) is 6.61 Å². The Bertz CT molecular complexity index is 502. The molecule has 0 aromatic carbocycles. The lowest BCUT2D eigenvalue weighted by atomic mass is 10.0. The lowest BCUT2D eigenvalue weighted by molar-refractivity contribution is 0.0547. The van der Waals surface area contributed by atoms with E-state index >= 15 is 0 Å². The molecule has 2 aromatic rings. The van der Waals surface area contributed by atoms with Gasteiger partial charge in [-0.15, -0.1) is 0 Å². The fraction of sp³-hybridized carbons (Fsp3) is 0.500. The predicted molar refractivity (Wildman–Crippen MR) is 71.3 cm³/mol. The zero-order valence-electron chi connectivity index (χ0n) is 10.5. The molecule has 0 saturated carbocycles. The molecule has 1 aliphatic rings. The second-order valence-electron chi connectivity index (χ2n) is 4.93. The molecule has 1 aliphatic heterocycles. The smallest absolute Gasteiger partial charge is 0.137 e. The number of aromatic nitrogens is 2. The summed E-state index contributed by atoms with van der Waals surface area (Å²) in [5.41, 5.74) is 2.25. The van der Waals surface area contributed by atoms with Crippen LogP contribution in [0.2, 0.25) is 0 Å². The number of hydrogen-bond donors (Lipinski definition) is 2. The molecule has 1 fully saturated rings. The average Bonchev–Trinajstić information content (AvgIpc) is 2.84. The number of nitrogens with zero attached hydrogens (tertiary/aromatic N) is 1. The summed E-state index contributed by atoms with van der Waals surface area (Å²) in [5, 5.41) is 4.73. The quantitative estimate of drug-likeness (QED) is 0.867. The molecule has 1 unspecified atom stereocenters. The molecule has 4 heteroatoms. The van der Waals surface area contributed by atoms with Crippen LogP contribution in [0.3, 0.4) is 0 Å². The fourth-order valence-electron chi connectivity index (χ4n) is 2.54. The Balaban J connectivity index is 1.56. The maximum Gasteiger partial charge on any atom is 0.137 e. The molecular formula is C14H19N3O. The van der Waals surface area contributed by atoms with Crippen LogP contribution in [0.5, 0.6) is 0 Å². The van der Waals surface area contributed by atoms with Crippen molar-refractivity contribution >= 4 is 11.0 Å². The normalized spacial score (nSPS) is 20.3. The highest BCUT2D eigenvalue weighted by molar-refractivity contribution is 5.79. The van der Waals surface area contributed by atoms with Crippen LogP contribution in [0.25, 0.3) is 11.0 Å². The molecule has 0 radical (unpaired) electrons. The van der Waals surface area contributed by atoms with Gasteiger partial charge in [-0.05, 0) is 36.5 Å². The van der Waals surface area contributed by atoms with Crippen molar-refractivity contribution in [3.05, 3.63) is 30.1 Å². The molecule has 0 amide bonds. The zero-order valence-corrected chi connectivity index (χ0v) is 10.5. The van der Waals surface area contributed by atoms with Crippen LogP contribution < -0.4 is 5.32 Å². The van der Waals surface area contributed by atoms with Crippen molar-refractivity contribution in [1.82, 2.24) is 15.3 Å². The largest absolute Gasteiger partial charge is 0.381 e. The number of H-pyrrole nitrogens is 1. The minimum atomic E-state index is 0.669. The van der Waals surface area contributed by atoms with Gasteiger partial charge in [-0.1, -0.05) is 0 Å². The van der Waals surface area contributed by atoms with E-state index in [1.807, 2.05) is 18.5 Å². The minimum absolute atomic E-state index is 0.669. The first kappa shape index (κ1) is 11.7. The van der Waals surface area contributed by atoms with E-state index in [4.69, 9.17) is 4.74 Å². The Morgan fingerprint density at radius 3 is 3.39 bits per heavy atom. The van der Waals surface area contributed by atoms with E-state index in [9.17, 15) is 0 Å². The molecule has 1 saturated heterocycles. The molecular weight excluding hydrogens is 226 g/mol. The summed E-state index contributed by atoms with van der Waals surface area (Å²) < 4.78 is 5.48. The number of rotatable bonds is 4. The molecule has 1 atom stereocenters. The Kier molecular flexibility index (Phi) is 3.57. The molecule has 2 aromatic heterocycles. The summed E-state index contributed by atoms with van der Waals surface area (Å²) >= 11 is 0. The van der Waals surface area contributed by atoms with E-state index < -0.39 is 0 Å². The van der Waals surface area contributed by atoms with E-state index in [-0.39, 0.29) is 0 Å². The van der Waals surface area contributed by atoms with E-state index in [0.717, 1.165) is 32.0 Å². The summed E-state index contributed by atoms with van der Waals surface area (Å²) in [4.78, 5) is 7.50. The number of ether oxygens (including phenoxy) is 1. The van der Waals surface area contributed by atoms with Gasteiger partial charge in [0.1, 0.15) is 5.65 Å². The Hall–Kier alpha value is -1.39. The monoisotopic (exact) mass is 245 g/mol. The Morgan fingerprint density at radius 2 is 2.50 bits per heavy atom. The predicted octanol–water partition coefficient (Wildman–Crippen LogP) is 2.08. The summed E-state index contributed by atoms with van der Waals surface area (Å²) in [5.74, 6) is 0.669. The van der Waals surface area contributed by atoms with Crippen LogP contribution >= 0.6 is 0 Å². The highest BCUT2D eigenvalue weighted by Crippen LogP contribution is 2.16. The molecule has 3 heterocycles. The first-order valence-electron chi connectivity index (χ1n) is 6.63. The van der Waals surface area contributed by atoms with Gasteiger partial charge in [-0.2, -0.15) is 0 Å². The van der Waals surface area contributed by atoms with Gasteiger partial charge >= 0.3 is 0 Å². The molecule has 96 valence electrons. The molecule has 3 rings (SSSR count). The Labute approximate surface area is 107 Å². The molecule has 18 heavy (non-hydrogen) atoms. The van der Waals surface area contributed by atoms with E-state index in [1.54, 1.807) is 0 Å². The van der Waals surface area contributed by atoms with E-state index in [2.05, 4.69) is 21.4 Å². The topological polar surface area (TPSA) is 49.9 Å². The number of nitrogens with one attached hydrogen (secondary N) is 2. The van der Waals surface area contributed by atoms with Gasteiger partial charge in [-0.25, -0.2) is 4.98 Å². The van der Waals surface area contributed by atoms with Crippen molar-refractivity contribution in [1.29, 1.82) is 0 Å². The summed E-state index contributed by atoms with van der Waals surface area (Å²) in [6, 6.07) is 4.09. The minimum Gasteiger partial charge on any atom is -0.381 e. The van der Waals surface area contributed by atoms with Crippen molar-refractivity contribution in [3.8, 4) is 0 Å². The van der Waals surface area contributed by atoms with Crippen LogP contribution in [0.15, 0.2) is 24.5 Å². The highest BCUT2D eigenvalue weighted by atomic mass is 16.5. The third kappa shape index (κ3) is 2.54. The summed E-state index contributed by atoms with van der Waals surface area (Å²) in [7, 11) is 0. The van der Waals surface area contributed by atoms with Crippen LogP contribution in [-0.2, 0) is 11.3 Å². The Morgan fingerprint density at radius 1 is 1.50 bits per heavy atom. The number of pyridine rings is 1. The number of aromatic amines is 1. The van der Waals surface area contributed by atoms with Crippen LogP contribution in [-0.4, -0.2) is 29.7 Å². The van der Waals surface area contributed by atoms with Crippen molar-refractivity contribution < 1.29 is 4.74 Å². The van der Waals surface area contributed by atoms with E-state index in [1.165, 1.54) is 23.8 Å². The maximum absolute atomic E-state index is 5.48. The highest BCUT2D eigenvalue weighted by Gasteiger charge is 2.13. The van der Waals surface area contributed by atoms with Crippen LogP contribution in [0.4, 0.5) is 0 Å². The second kappa shape index (κ2) is 5.50. The second-order valence-corrected chi connectivity index (χ2v) is 4.93. The van der Waals surface area contributed by atoms with Gasteiger partial charge in [-0.3, -0.25) is 0 Å². The maximum atomic E-state index is 5.48. The molecule has 2 N–H and O–H groups in total. The third-order valence-electron chi connectivity index (χ3n) is 3.54. The van der Waals surface area contributed by atoms with Crippen LogP contribution in [0.1, 0.15) is 18.4 Å². The first-order valence-corrected chi connectivity index (χ1v) is 6.63. The van der Waals surface area contributed by atoms with Gasteiger partial charge in [0.2, 0.25) is 0 Å². The molecule has 4 nitrogen and oxygen atoms in total. The third-order valence-corrected chi connectivity index (χ3v) is 3.54. The van der Waals surface area contributed by atoms with E-state index in [0.29, 0.717) is 5.92 Å². The van der Waals surface area contributed by atoms with Crippen molar-refractivity contribution in [2.45, 2.75) is 19.4 Å². The zero-order chi connectivity index (χ0) is 12.2. The lowest BCUT2D eigenvalue weighted by Gasteiger charge is -2.22. The van der Waals surface area contributed by atoms with Gasteiger partial charge < -0.3 is 15.0 Å².